The van der Waals surface area contributed by atoms with Crippen LogP contribution in [0.4, 0.5) is 5.69 Å². The summed E-state index contributed by atoms with van der Waals surface area (Å²) in [5.41, 5.74) is 9.80. The number of carbonyl (C=O) groups is 2. The summed E-state index contributed by atoms with van der Waals surface area (Å²) >= 11 is 0. The molecule has 0 fully saturated rings. The second-order valence-electron chi connectivity index (χ2n) is 9.25. The molecule has 0 saturated heterocycles. The zero-order chi connectivity index (χ0) is 25.5. The molecule has 35 heavy (non-hydrogen) atoms. The largest absolute Gasteiger partial charge is 0.469 e. The van der Waals surface area contributed by atoms with Gasteiger partial charge in [0.1, 0.15) is 6.29 Å². The fourth-order valence-electron chi connectivity index (χ4n) is 4.79. The number of carbonyl (C=O) groups excluding carboxylic acids is 2. The maximum atomic E-state index is 12.5. The second-order valence-corrected chi connectivity index (χ2v) is 9.25. The average molecular weight is 473 g/mol. The van der Waals surface area contributed by atoms with Gasteiger partial charge in [0.25, 0.3) is 0 Å². The van der Waals surface area contributed by atoms with Crippen LogP contribution in [0.25, 0.3) is 11.1 Å². The molecule has 0 spiro atoms. The number of nitrogens with zero attached hydrogens (tertiary/aromatic N) is 2. The fraction of sp³-hybridized carbons (Fsp3) is 0.333. The number of ether oxygens (including phenoxy) is 1. The van der Waals surface area contributed by atoms with Gasteiger partial charge in [0.05, 0.1) is 20.1 Å². The molecule has 5 heteroatoms. The van der Waals surface area contributed by atoms with Crippen molar-refractivity contribution >= 4 is 17.9 Å². The first-order chi connectivity index (χ1) is 16.8. The van der Waals surface area contributed by atoms with Gasteiger partial charge >= 0.3 is 5.97 Å². The lowest BCUT2D eigenvalue weighted by Crippen LogP contribution is -2.26. The highest BCUT2D eigenvalue weighted by atomic mass is 16.5. The summed E-state index contributed by atoms with van der Waals surface area (Å²) in [6, 6.07) is 18.8. The van der Waals surface area contributed by atoms with Crippen LogP contribution in [0.15, 0.2) is 54.6 Å². The highest BCUT2D eigenvalue weighted by Crippen LogP contribution is 2.40. The van der Waals surface area contributed by atoms with Crippen molar-refractivity contribution in [2.45, 2.75) is 40.3 Å². The Kier molecular flexibility index (Phi) is 8.83. The Hall–Kier alpha value is -3.44. The lowest BCUT2D eigenvalue weighted by atomic mass is 9.84. The molecule has 0 aliphatic rings. The number of aldehydes is 1. The van der Waals surface area contributed by atoms with Crippen LogP contribution in [0.3, 0.4) is 0 Å². The summed E-state index contributed by atoms with van der Waals surface area (Å²) in [7, 11) is 5.46. The number of rotatable bonds is 10. The summed E-state index contributed by atoms with van der Waals surface area (Å²) in [5, 5.41) is 0. The predicted octanol–water partition coefficient (Wildman–Crippen LogP) is 5.26. The van der Waals surface area contributed by atoms with Gasteiger partial charge in [-0.1, -0.05) is 60.2 Å². The van der Waals surface area contributed by atoms with Crippen molar-refractivity contribution in [1.29, 1.82) is 0 Å². The molecule has 0 aromatic heterocycles. The van der Waals surface area contributed by atoms with Crippen LogP contribution < -0.4 is 4.90 Å². The lowest BCUT2D eigenvalue weighted by molar-refractivity contribution is -0.139. The van der Waals surface area contributed by atoms with Crippen molar-refractivity contribution in [2.24, 2.45) is 0 Å². The summed E-state index contributed by atoms with van der Waals surface area (Å²) in [5.74, 6) is -0.279. The van der Waals surface area contributed by atoms with Crippen LogP contribution in [0.1, 0.15) is 33.4 Å². The molecular weight excluding hydrogens is 436 g/mol. The monoisotopic (exact) mass is 472 g/mol. The van der Waals surface area contributed by atoms with Gasteiger partial charge in [-0.3, -0.25) is 9.69 Å². The van der Waals surface area contributed by atoms with E-state index in [1.807, 2.05) is 24.9 Å². The molecule has 0 N–H and O–H groups in total. The van der Waals surface area contributed by atoms with Crippen LogP contribution in [-0.4, -0.2) is 44.9 Å². The number of aryl methyl sites for hydroxylation is 1. The van der Waals surface area contributed by atoms with Crippen molar-refractivity contribution < 1.29 is 14.3 Å². The minimum atomic E-state index is -0.279. The summed E-state index contributed by atoms with van der Waals surface area (Å²) < 4.78 is 5.05. The molecule has 0 aliphatic carbocycles. The molecule has 0 atom stereocenters. The summed E-state index contributed by atoms with van der Waals surface area (Å²) in [4.78, 5) is 28.2. The highest BCUT2D eigenvalue weighted by Gasteiger charge is 2.25. The molecule has 5 nitrogen and oxygen atoms in total. The molecule has 0 unspecified atom stereocenters. The lowest BCUT2D eigenvalue weighted by Gasteiger charge is -2.31. The Bertz CT molecular complexity index is 1170. The van der Waals surface area contributed by atoms with Gasteiger partial charge in [-0.25, -0.2) is 0 Å². The highest BCUT2D eigenvalue weighted by molar-refractivity contribution is 5.85. The molecule has 0 bridgehead atoms. The maximum absolute atomic E-state index is 12.5. The third-order valence-corrected chi connectivity index (χ3v) is 6.57. The normalized spacial score (nSPS) is 10.9. The second kappa shape index (κ2) is 11.8. The first-order valence-electron chi connectivity index (χ1n) is 11.9. The van der Waals surface area contributed by atoms with Gasteiger partial charge in [-0.2, -0.15) is 0 Å². The summed E-state index contributed by atoms with van der Waals surface area (Å²) in [6.45, 7) is 8.03. The van der Waals surface area contributed by atoms with Gasteiger partial charge in [0, 0.05) is 25.8 Å². The third kappa shape index (κ3) is 6.17. The van der Waals surface area contributed by atoms with E-state index >= 15 is 0 Å². The predicted molar refractivity (Wildman–Crippen MR) is 143 cm³/mol. The quantitative estimate of drug-likeness (QED) is 0.298. The summed E-state index contributed by atoms with van der Waals surface area (Å²) in [6.07, 6.45) is 1.09. The van der Waals surface area contributed by atoms with E-state index in [1.54, 1.807) is 0 Å². The van der Waals surface area contributed by atoms with Gasteiger partial charge in [-0.15, -0.1) is 0 Å². The Morgan fingerprint density at radius 1 is 0.886 bits per heavy atom. The first-order valence-corrected chi connectivity index (χ1v) is 11.9. The number of methoxy groups -OCH3 is 1. The van der Waals surface area contributed by atoms with Crippen molar-refractivity contribution in [1.82, 2.24) is 4.90 Å². The zero-order valence-electron chi connectivity index (χ0n) is 21.7. The van der Waals surface area contributed by atoms with E-state index < -0.39 is 0 Å². The molecular formula is C30H36N2O3. The van der Waals surface area contributed by atoms with Gasteiger partial charge in [-0.05, 0) is 66.8 Å². The standard InChI is InChI=1S/C30H36N2O3/c1-21-12-14-25(15-13-21)29-22(2)27(20-31(4)19-24-10-8-7-9-11-24)30(32(5)16-17-33)23(3)26(29)18-28(34)35-6/h7-15,17H,16,18-20H2,1-6H3. The molecule has 0 heterocycles. The minimum absolute atomic E-state index is 0.175. The van der Waals surface area contributed by atoms with E-state index in [4.69, 9.17) is 4.74 Å². The van der Waals surface area contributed by atoms with E-state index in [2.05, 4.69) is 74.3 Å². The molecule has 0 aliphatic heterocycles. The average Bonchev–Trinajstić information content (AvgIpc) is 2.84. The number of anilines is 1. The van der Waals surface area contributed by atoms with Crippen molar-refractivity contribution in [3.8, 4) is 11.1 Å². The molecule has 0 saturated carbocycles. The Morgan fingerprint density at radius 2 is 1.54 bits per heavy atom. The Balaban J connectivity index is 2.21. The van der Waals surface area contributed by atoms with Crippen LogP contribution in [0.5, 0.6) is 0 Å². The number of hydrogen-bond acceptors (Lipinski definition) is 5. The minimum Gasteiger partial charge on any atom is -0.469 e. The molecule has 0 radical (unpaired) electrons. The van der Waals surface area contributed by atoms with Crippen molar-refractivity contribution in [2.75, 3.05) is 32.6 Å². The molecule has 184 valence electrons. The van der Waals surface area contributed by atoms with Gasteiger partial charge in [0.15, 0.2) is 0 Å². The van der Waals surface area contributed by atoms with Gasteiger partial charge < -0.3 is 14.4 Å². The van der Waals surface area contributed by atoms with E-state index in [9.17, 15) is 9.59 Å². The SMILES string of the molecule is COC(=O)Cc1c(C)c(N(C)CC=O)c(CN(C)Cc2ccccc2)c(C)c1-c1ccc(C)cc1. The van der Waals surface area contributed by atoms with E-state index in [0.717, 1.165) is 51.9 Å². The van der Waals surface area contributed by atoms with Crippen LogP contribution in [0.2, 0.25) is 0 Å². The first kappa shape index (κ1) is 26.2. The fourth-order valence-corrected chi connectivity index (χ4v) is 4.79. The number of hydrogen-bond donors (Lipinski definition) is 0. The molecule has 3 aromatic rings. The van der Waals surface area contributed by atoms with Gasteiger partial charge in [0.2, 0.25) is 0 Å². The maximum Gasteiger partial charge on any atom is 0.310 e. The Morgan fingerprint density at radius 3 is 2.14 bits per heavy atom. The third-order valence-electron chi connectivity index (χ3n) is 6.57. The van der Waals surface area contributed by atoms with Crippen LogP contribution >= 0.6 is 0 Å². The molecule has 3 aromatic carbocycles. The van der Waals surface area contributed by atoms with Crippen molar-refractivity contribution in [3.63, 3.8) is 0 Å². The number of esters is 1. The Labute approximate surface area is 209 Å². The number of likely N-dealkylation sites (N-methyl/N-ethyl adjacent to an activating group) is 1. The smallest absolute Gasteiger partial charge is 0.310 e. The van der Waals surface area contributed by atoms with Crippen LogP contribution in [0, 0.1) is 20.8 Å². The van der Waals surface area contributed by atoms with E-state index in [0.29, 0.717) is 6.54 Å². The zero-order valence-corrected chi connectivity index (χ0v) is 21.7. The molecule has 3 rings (SSSR count). The van der Waals surface area contributed by atoms with E-state index in [-0.39, 0.29) is 18.9 Å². The van der Waals surface area contributed by atoms with Crippen LogP contribution in [-0.2, 0) is 33.8 Å². The van der Waals surface area contributed by atoms with E-state index in [1.165, 1.54) is 18.2 Å². The topological polar surface area (TPSA) is 49.9 Å². The molecule has 0 amide bonds. The van der Waals surface area contributed by atoms with Crippen molar-refractivity contribution in [3.05, 3.63) is 88.0 Å². The number of benzene rings is 3.